The maximum absolute atomic E-state index is 6.33. The van der Waals surface area contributed by atoms with Crippen LogP contribution in [0, 0.1) is 0 Å². The minimum Gasteiger partial charge on any atom is -0.488 e. The Morgan fingerprint density at radius 2 is 1.41 bits per heavy atom. The fourth-order valence-electron chi connectivity index (χ4n) is 5.29. The minimum absolute atomic E-state index is 0.0887. The first kappa shape index (κ1) is 16.6. The summed E-state index contributed by atoms with van der Waals surface area (Å²) in [5.74, 6) is 1.03. The van der Waals surface area contributed by atoms with Crippen LogP contribution in [0.4, 0.5) is 0 Å². The summed E-state index contributed by atoms with van der Waals surface area (Å²) in [5.41, 5.74) is 9.22. The van der Waals surface area contributed by atoms with E-state index in [0.717, 1.165) is 5.75 Å². The molecule has 1 aliphatic carbocycles. The molecule has 1 nitrogen and oxygen atoms in total. The highest BCUT2D eigenvalue weighted by atomic mass is 16.5. The standard InChI is InChI=1S/C28H22O/c1-28(2)23-15-9-8-14-22(23)24-20-12-6-7-13-21(20)27-25(26(24)28)19(16-17-29-27)18-10-4-3-5-11-18/h3-16H,17H2,1-2H3. The van der Waals surface area contributed by atoms with Gasteiger partial charge in [-0.1, -0.05) is 92.7 Å². The first-order chi connectivity index (χ1) is 14.2. The Morgan fingerprint density at radius 3 is 2.24 bits per heavy atom. The molecule has 4 aromatic carbocycles. The van der Waals surface area contributed by atoms with Gasteiger partial charge in [-0.05, 0) is 44.9 Å². The van der Waals surface area contributed by atoms with Crippen LogP contribution < -0.4 is 4.74 Å². The molecule has 140 valence electrons. The molecule has 0 amide bonds. The van der Waals surface area contributed by atoms with Gasteiger partial charge in [0.2, 0.25) is 0 Å². The average molecular weight is 374 g/mol. The van der Waals surface area contributed by atoms with Gasteiger partial charge in [-0.3, -0.25) is 0 Å². The third-order valence-corrected chi connectivity index (χ3v) is 6.53. The molecule has 0 saturated heterocycles. The quantitative estimate of drug-likeness (QED) is 0.349. The number of rotatable bonds is 1. The zero-order valence-electron chi connectivity index (χ0n) is 16.7. The second-order valence-electron chi connectivity index (χ2n) is 8.47. The van der Waals surface area contributed by atoms with Gasteiger partial charge in [0.05, 0.1) is 0 Å². The van der Waals surface area contributed by atoms with E-state index in [1.54, 1.807) is 0 Å². The summed E-state index contributed by atoms with van der Waals surface area (Å²) < 4.78 is 6.33. The fourth-order valence-corrected chi connectivity index (χ4v) is 5.29. The molecular weight excluding hydrogens is 352 g/mol. The van der Waals surface area contributed by atoms with Gasteiger partial charge in [0.1, 0.15) is 12.4 Å². The highest BCUT2D eigenvalue weighted by Gasteiger charge is 2.41. The van der Waals surface area contributed by atoms with Crippen LogP contribution in [0.1, 0.15) is 36.1 Å². The van der Waals surface area contributed by atoms with Crippen LogP contribution in [-0.2, 0) is 5.41 Å². The lowest BCUT2D eigenvalue weighted by molar-refractivity contribution is 0.361. The maximum Gasteiger partial charge on any atom is 0.135 e. The molecule has 0 atom stereocenters. The fraction of sp³-hybridized carbons (Fsp3) is 0.143. The topological polar surface area (TPSA) is 9.23 Å². The Hall–Kier alpha value is -3.32. The maximum atomic E-state index is 6.33. The molecule has 2 aliphatic rings. The molecule has 4 aromatic rings. The number of ether oxygens (including phenoxy) is 1. The van der Waals surface area contributed by atoms with Crippen molar-refractivity contribution in [3.05, 3.63) is 107 Å². The molecule has 0 radical (unpaired) electrons. The third-order valence-electron chi connectivity index (χ3n) is 6.53. The van der Waals surface area contributed by atoms with Crippen molar-refractivity contribution in [3.8, 4) is 16.9 Å². The summed E-state index contributed by atoms with van der Waals surface area (Å²) in [6.45, 7) is 5.31. The SMILES string of the molecule is CC1(C)c2ccccc2-c2c1c1c(c3ccccc23)OCC=C1c1ccccc1. The smallest absolute Gasteiger partial charge is 0.135 e. The van der Waals surface area contributed by atoms with E-state index >= 15 is 0 Å². The normalized spacial score (nSPS) is 15.9. The van der Waals surface area contributed by atoms with Crippen molar-refractivity contribution in [1.29, 1.82) is 0 Å². The van der Waals surface area contributed by atoms with Crippen LogP contribution in [0.3, 0.4) is 0 Å². The summed E-state index contributed by atoms with van der Waals surface area (Å²) in [5, 5.41) is 2.49. The van der Waals surface area contributed by atoms with E-state index in [1.807, 2.05) is 0 Å². The van der Waals surface area contributed by atoms with Crippen LogP contribution in [0.2, 0.25) is 0 Å². The summed E-state index contributed by atoms with van der Waals surface area (Å²) >= 11 is 0. The summed E-state index contributed by atoms with van der Waals surface area (Å²) in [4.78, 5) is 0. The van der Waals surface area contributed by atoms with E-state index in [-0.39, 0.29) is 5.41 Å². The van der Waals surface area contributed by atoms with Gasteiger partial charge >= 0.3 is 0 Å². The van der Waals surface area contributed by atoms with E-state index in [2.05, 4.69) is 98.8 Å². The lowest BCUT2D eigenvalue weighted by Gasteiger charge is -2.30. The molecule has 1 heteroatoms. The zero-order chi connectivity index (χ0) is 19.6. The van der Waals surface area contributed by atoms with Crippen molar-refractivity contribution in [1.82, 2.24) is 0 Å². The van der Waals surface area contributed by atoms with Gasteiger partial charge in [0, 0.05) is 16.4 Å². The Balaban J connectivity index is 1.81. The van der Waals surface area contributed by atoms with Crippen molar-refractivity contribution in [3.63, 3.8) is 0 Å². The molecule has 0 fully saturated rings. The second-order valence-corrected chi connectivity index (χ2v) is 8.47. The predicted octanol–water partition coefficient (Wildman–Crippen LogP) is 6.97. The van der Waals surface area contributed by atoms with Gasteiger partial charge in [-0.2, -0.15) is 0 Å². The average Bonchev–Trinajstić information content (AvgIpc) is 3.02. The van der Waals surface area contributed by atoms with Gasteiger partial charge in [0.15, 0.2) is 0 Å². The molecule has 0 aromatic heterocycles. The first-order valence-corrected chi connectivity index (χ1v) is 10.3. The highest BCUT2D eigenvalue weighted by Crippen LogP contribution is 2.57. The molecule has 0 saturated carbocycles. The van der Waals surface area contributed by atoms with E-state index < -0.39 is 0 Å². The highest BCUT2D eigenvalue weighted by molar-refractivity contribution is 6.10. The zero-order valence-corrected chi connectivity index (χ0v) is 16.7. The number of fused-ring (bicyclic) bond motifs is 8. The van der Waals surface area contributed by atoms with Crippen molar-refractivity contribution in [2.24, 2.45) is 0 Å². The van der Waals surface area contributed by atoms with Crippen LogP contribution >= 0.6 is 0 Å². The Kier molecular flexibility index (Phi) is 3.35. The minimum atomic E-state index is -0.0887. The van der Waals surface area contributed by atoms with Crippen molar-refractivity contribution < 1.29 is 4.74 Å². The van der Waals surface area contributed by atoms with Crippen LogP contribution in [0.15, 0.2) is 84.9 Å². The van der Waals surface area contributed by atoms with Crippen molar-refractivity contribution in [2.45, 2.75) is 19.3 Å². The largest absolute Gasteiger partial charge is 0.488 e. The van der Waals surface area contributed by atoms with Crippen molar-refractivity contribution in [2.75, 3.05) is 6.61 Å². The van der Waals surface area contributed by atoms with Crippen LogP contribution in [0.25, 0.3) is 27.5 Å². The van der Waals surface area contributed by atoms with Crippen molar-refractivity contribution >= 4 is 16.3 Å². The molecule has 0 N–H and O–H groups in total. The Bertz CT molecular complexity index is 1310. The molecule has 0 spiro atoms. The lowest BCUT2D eigenvalue weighted by Crippen LogP contribution is -2.19. The molecule has 1 aliphatic heterocycles. The van der Waals surface area contributed by atoms with Gasteiger partial charge in [-0.25, -0.2) is 0 Å². The third kappa shape index (κ3) is 2.16. The Labute approximate surface area is 171 Å². The van der Waals surface area contributed by atoms with Gasteiger partial charge in [-0.15, -0.1) is 0 Å². The molecule has 0 bridgehead atoms. The van der Waals surface area contributed by atoms with Gasteiger partial charge < -0.3 is 4.74 Å². The van der Waals surface area contributed by atoms with E-state index in [1.165, 1.54) is 49.7 Å². The molecule has 1 heterocycles. The summed E-state index contributed by atoms with van der Waals surface area (Å²) in [6, 6.07) is 28.3. The summed E-state index contributed by atoms with van der Waals surface area (Å²) in [6.07, 6.45) is 2.24. The van der Waals surface area contributed by atoms with E-state index in [0.29, 0.717) is 6.61 Å². The molecule has 6 rings (SSSR count). The lowest BCUT2D eigenvalue weighted by atomic mass is 9.76. The molecule has 0 unspecified atom stereocenters. The summed E-state index contributed by atoms with van der Waals surface area (Å²) in [7, 11) is 0. The number of benzene rings is 4. The van der Waals surface area contributed by atoms with E-state index in [9.17, 15) is 0 Å². The van der Waals surface area contributed by atoms with E-state index in [4.69, 9.17) is 4.74 Å². The molecular formula is C28H22O. The monoisotopic (exact) mass is 374 g/mol. The first-order valence-electron chi connectivity index (χ1n) is 10.3. The van der Waals surface area contributed by atoms with Gasteiger partial charge in [0.25, 0.3) is 0 Å². The second kappa shape index (κ2) is 5.84. The number of hydrogen-bond donors (Lipinski definition) is 0. The van der Waals surface area contributed by atoms with Crippen LogP contribution in [0.5, 0.6) is 5.75 Å². The predicted molar refractivity (Wildman–Crippen MR) is 121 cm³/mol. The van der Waals surface area contributed by atoms with Crippen LogP contribution in [-0.4, -0.2) is 6.61 Å². The Morgan fingerprint density at radius 1 is 0.724 bits per heavy atom. The number of hydrogen-bond acceptors (Lipinski definition) is 1. The molecule has 29 heavy (non-hydrogen) atoms.